The van der Waals surface area contributed by atoms with E-state index in [9.17, 15) is 9.59 Å². The summed E-state index contributed by atoms with van der Waals surface area (Å²) in [4.78, 5) is 24.0. The third kappa shape index (κ3) is 3.23. The molecule has 0 N–H and O–H groups in total. The van der Waals surface area contributed by atoms with Gasteiger partial charge in [-0.3, -0.25) is 9.59 Å². The Hall–Kier alpha value is -0.530. The Balaban J connectivity index is 2.13. The Bertz CT molecular complexity index is 518. The van der Waals surface area contributed by atoms with Crippen molar-refractivity contribution in [2.75, 3.05) is 0 Å². The van der Waals surface area contributed by atoms with Gasteiger partial charge in [-0.25, -0.2) is 0 Å². The molecule has 0 saturated heterocycles. The van der Waals surface area contributed by atoms with E-state index in [0.29, 0.717) is 0 Å². The average Bonchev–Trinajstić information content (AvgIpc) is 2.87. The Labute approximate surface area is 118 Å². The van der Waals surface area contributed by atoms with Gasteiger partial charge >= 0.3 is 21.2 Å². The van der Waals surface area contributed by atoms with E-state index in [1.165, 1.54) is 5.77 Å². The molecule has 0 spiro atoms. The molecule has 0 aromatic carbocycles. The molecule has 5 heteroatoms. The summed E-state index contributed by atoms with van der Waals surface area (Å²) in [7, 11) is 0. The molecular weight excluding hydrogens is 367 g/mol. The SMILES string of the molecule is CC(=O)c1ccc([I+]c2ccc(C(C)=O)s2)s1. The highest BCUT2D eigenvalue weighted by Crippen LogP contribution is 2.11. The number of Topliss-reactive ketones (excluding diaryl/α,β-unsaturated/α-hetero) is 2. The number of thiophene rings is 2. The van der Waals surface area contributed by atoms with Crippen LogP contribution in [0.15, 0.2) is 24.3 Å². The zero-order chi connectivity index (χ0) is 12.4. The summed E-state index contributed by atoms with van der Waals surface area (Å²) < 4.78 is 2.54. The van der Waals surface area contributed by atoms with Crippen LogP contribution in [0.5, 0.6) is 0 Å². The van der Waals surface area contributed by atoms with Crippen molar-refractivity contribution in [2.45, 2.75) is 13.8 Å². The van der Waals surface area contributed by atoms with Crippen molar-refractivity contribution in [3.8, 4) is 0 Å². The molecule has 2 aromatic heterocycles. The van der Waals surface area contributed by atoms with Gasteiger partial charge in [0, 0.05) is 12.1 Å². The van der Waals surface area contributed by atoms with Crippen LogP contribution in [-0.2, 0) is 0 Å². The molecule has 0 bridgehead atoms. The van der Waals surface area contributed by atoms with Crippen molar-refractivity contribution in [1.82, 2.24) is 0 Å². The first-order valence-electron chi connectivity index (χ1n) is 4.92. The number of carbonyl (C=O) groups excluding carboxylic acids is 2. The van der Waals surface area contributed by atoms with Crippen molar-refractivity contribution < 1.29 is 30.8 Å². The maximum atomic E-state index is 11.2. The lowest BCUT2D eigenvalue weighted by atomic mass is 10.4. The lowest BCUT2D eigenvalue weighted by molar-refractivity contribution is -0.585. The number of halogens is 1. The molecular formula is C12H10IO2S2+. The minimum atomic E-state index is -0.248. The van der Waals surface area contributed by atoms with Crippen LogP contribution in [-0.4, -0.2) is 11.6 Å². The van der Waals surface area contributed by atoms with Crippen molar-refractivity contribution in [1.29, 1.82) is 0 Å². The number of hydrogen-bond donors (Lipinski definition) is 0. The van der Waals surface area contributed by atoms with Gasteiger partial charge in [0.2, 0.25) is 5.77 Å². The smallest absolute Gasteiger partial charge is 0.294 e. The zero-order valence-corrected chi connectivity index (χ0v) is 13.1. The Morgan fingerprint density at radius 3 is 1.59 bits per heavy atom. The van der Waals surface area contributed by atoms with Crippen molar-refractivity contribution in [3.63, 3.8) is 0 Å². The third-order valence-electron chi connectivity index (χ3n) is 2.03. The number of rotatable bonds is 4. The molecule has 2 nitrogen and oxygen atoms in total. The standard InChI is InChI=1S/C12H10IO2S2/c1-7(14)9-3-5-11(16-9)13-12-6-4-10(17-12)8(2)15/h3-6H,1-2H3/q+1. The quantitative estimate of drug-likeness (QED) is 0.569. The van der Waals surface area contributed by atoms with Crippen molar-refractivity contribution >= 4 is 34.2 Å². The molecule has 0 amide bonds. The lowest BCUT2D eigenvalue weighted by Gasteiger charge is -1.81. The van der Waals surface area contributed by atoms with Crippen molar-refractivity contribution in [2.24, 2.45) is 0 Å². The molecule has 2 rings (SSSR count). The summed E-state index contributed by atoms with van der Waals surface area (Å²) in [6.07, 6.45) is 0. The molecule has 0 aliphatic carbocycles. The molecule has 88 valence electrons. The van der Waals surface area contributed by atoms with Gasteiger partial charge in [-0.2, -0.15) is 0 Å². The van der Waals surface area contributed by atoms with Crippen LogP contribution in [0, 0.1) is 5.77 Å². The van der Waals surface area contributed by atoms with Crippen LogP contribution in [0.4, 0.5) is 0 Å². The summed E-state index contributed by atoms with van der Waals surface area (Å²) in [6.45, 7) is 3.18. The molecule has 0 atom stereocenters. The molecule has 0 radical (unpaired) electrons. The average molecular weight is 377 g/mol. The fourth-order valence-corrected chi connectivity index (χ4v) is 7.30. The summed E-state index contributed by atoms with van der Waals surface area (Å²) in [5.41, 5.74) is 0. The van der Waals surface area contributed by atoms with Crippen LogP contribution in [0.2, 0.25) is 0 Å². The zero-order valence-electron chi connectivity index (χ0n) is 9.32. The predicted octanol–water partition coefficient (Wildman–Crippen LogP) is 0.343. The summed E-state index contributed by atoms with van der Waals surface area (Å²) in [6, 6.07) is 7.84. The molecule has 2 aromatic rings. The summed E-state index contributed by atoms with van der Waals surface area (Å²) in [5, 5.41) is 0. The van der Waals surface area contributed by atoms with Gasteiger partial charge in [0.15, 0.2) is 11.6 Å². The van der Waals surface area contributed by atoms with Crippen LogP contribution in [0.25, 0.3) is 0 Å². The van der Waals surface area contributed by atoms with Gasteiger partial charge < -0.3 is 0 Å². The van der Waals surface area contributed by atoms with Gasteiger partial charge in [-0.15, -0.1) is 0 Å². The van der Waals surface area contributed by atoms with E-state index in [1.54, 1.807) is 36.5 Å². The summed E-state index contributed by atoms with van der Waals surface area (Å²) in [5.74, 6) is 0.252. The molecule has 0 aliphatic rings. The molecule has 0 unspecified atom stereocenters. The predicted molar refractivity (Wildman–Crippen MR) is 66.0 cm³/mol. The fourth-order valence-electron chi connectivity index (χ4n) is 1.20. The third-order valence-corrected chi connectivity index (χ3v) is 8.11. The molecule has 2 heterocycles. The second-order valence-electron chi connectivity index (χ2n) is 3.41. The summed E-state index contributed by atoms with van der Waals surface area (Å²) >= 11 is 2.90. The van der Waals surface area contributed by atoms with Crippen LogP contribution >= 0.6 is 22.7 Å². The highest BCUT2D eigenvalue weighted by atomic mass is 127. The van der Waals surface area contributed by atoms with E-state index in [1.807, 2.05) is 24.3 Å². The van der Waals surface area contributed by atoms with Gasteiger partial charge in [0.1, 0.15) is 0 Å². The first-order chi connectivity index (χ1) is 8.06. The number of carbonyl (C=O) groups is 2. The lowest BCUT2D eigenvalue weighted by Crippen LogP contribution is -3.61. The molecule has 0 fully saturated rings. The normalized spacial score (nSPS) is 10.5. The fraction of sp³-hybridized carbons (Fsp3) is 0.167. The number of hydrogen-bond acceptors (Lipinski definition) is 4. The van der Waals surface area contributed by atoms with Crippen LogP contribution in [0.3, 0.4) is 0 Å². The maximum Gasteiger partial charge on any atom is 0.381 e. The van der Waals surface area contributed by atoms with E-state index in [-0.39, 0.29) is 32.8 Å². The van der Waals surface area contributed by atoms with E-state index in [2.05, 4.69) is 0 Å². The Morgan fingerprint density at radius 2 is 1.29 bits per heavy atom. The topological polar surface area (TPSA) is 34.1 Å². The van der Waals surface area contributed by atoms with Gasteiger partial charge in [-0.05, 0) is 26.0 Å². The first-order valence-corrected chi connectivity index (χ1v) is 8.71. The van der Waals surface area contributed by atoms with Crippen molar-refractivity contribution in [3.05, 3.63) is 39.8 Å². The van der Waals surface area contributed by atoms with E-state index < -0.39 is 0 Å². The Morgan fingerprint density at radius 1 is 0.882 bits per heavy atom. The minimum Gasteiger partial charge on any atom is -0.294 e. The van der Waals surface area contributed by atoms with Crippen LogP contribution in [0.1, 0.15) is 33.2 Å². The highest BCUT2D eigenvalue weighted by molar-refractivity contribution is 7.12. The Kier molecular flexibility index (Phi) is 4.11. The molecule has 0 aliphatic heterocycles. The van der Waals surface area contributed by atoms with Gasteiger partial charge in [0.05, 0.1) is 9.75 Å². The first kappa shape index (κ1) is 12.9. The van der Waals surface area contributed by atoms with E-state index in [0.717, 1.165) is 9.75 Å². The monoisotopic (exact) mass is 377 g/mol. The second-order valence-corrected chi connectivity index (χ2v) is 9.91. The molecule has 17 heavy (non-hydrogen) atoms. The van der Waals surface area contributed by atoms with Crippen LogP contribution < -0.4 is 21.2 Å². The largest absolute Gasteiger partial charge is 0.381 e. The van der Waals surface area contributed by atoms with E-state index in [4.69, 9.17) is 0 Å². The molecule has 0 saturated carbocycles. The second kappa shape index (κ2) is 5.41. The maximum absolute atomic E-state index is 11.2. The van der Waals surface area contributed by atoms with E-state index >= 15 is 0 Å². The highest BCUT2D eigenvalue weighted by Gasteiger charge is 2.22. The number of ketones is 2. The van der Waals surface area contributed by atoms with Gasteiger partial charge in [-0.1, -0.05) is 22.7 Å². The minimum absolute atomic E-state index is 0.126. The van der Waals surface area contributed by atoms with Gasteiger partial charge in [0.25, 0.3) is 0 Å².